The molecule has 1 N–H and O–H groups in total. The Morgan fingerprint density at radius 1 is 1.10 bits per heavy atom. The number of carbonyl (C=O) groups is 3. The number of esters is 1. The SMILES string of the molecule is CSc1ccccc1NC(=O)COC(=O)C[C@@H]1c2ccccc2C=CN1C(C)=O. The van der Waals surface area contributed by atoms with Crippen LogP contribution in [-0.2, 0) is 19.1 Å². The van der Waals surface area contributed by atoms with Crippen LogP contribution >= 0.6 is 11.8 Å². The summed E-state index contributed by atoms with van der Waals surface area (Å²) in [4.78, 5) is 39.0. The number of hydrogen-bond acceptors (Lipinski definition) is 5. The highest BCUT2D eigenvalue weighted by molar-refractivity contribution is 7.98. The zero-order valence-corrected chi connectivity index (χ0v) is 17.1. The summed E-state index contributed by atoms with van der Waals surface area (Å²) in [6, 6.07) is 14.5. The van der Waals surface area contributed by atoms with Gasteiger partial charge in [-0.25, -0.2) is 0 Å². The number of anilines is 1. The molecule has 2 aromatic carbocycles. The standard InChI is InChI=1S/C22H22N2O4S/c1-15(25)24-12-11-16-7-3-4-8-17(16)19(24)13-22(27)28-14-21(26)23-18-9-5-6-10-20(18)29-2/h3-12,19H,13-14H2,1-2H3,(H,23,26)/t19-/m1/s1. The number of nitrogens with one attached hydrogen (secondary N) is 1. The van der Waals surface area contributed by atoms with Gasteiger partial charge in [-0.05, 0) is 35.6 Å². The second-order valence-corrected chi connectivity index (χ2v) is 7.35. The van der Waals surface area contributed by atoms with Gasteiger partial charge in [-0.3, -0.25) is 14.4 Å². The summed E-state index contributed by atoms with van der Waals surface area (Å²) in [6.07, 6.45) is 5.40. The number of fused-ring (bicyclic) bond motifs is 1. The zero-order chi connectivity index (χ0) is 20.8. The lowest BCUT2D eigenvalue weighted by Gasteiger charge is -2.32. The quantitative estimate of drug-likeness (QED) is 0.578. The van der Waals surface area contributed by atoms with Crippen molar-refractivity contribution in [2.75, 3.05) is 18.2 Å². The molecule has 0 unspecified atom stereocenters. The van der Waals surface area contributed by atoms with Gasteiger partial charge in [0.2, 0.25) is 5.91 Å². The van der Waals surface area contributed by atoms with Crippen LogP contribution in [0.5, 0.6) is 0 Å². The predicted octanol–water partition coefficient (Wildman–Crippen LogP) is 3.85. The third kappa shape index (κ3) is 5.06. The van der Waals surface area contributed by atoms with Crippen molar-refractivity contribution in [3.63, 3.8) is 0 Å². The molecule has 7 heteroatoms. The van der Waals surface area contributed by atoms with Gasteiger partial charge in [0.15, 0.2) is 6.61 Å². The molecule has 0 radical (unpaired) electrons. The first-order chi connectivity index (χ1) is 14.0. The minimum absolute atomic E-state index is 0.0321. The minimum atomic E-state index is -0.542. The molecule has 0 saturated carbocycles. The molecule has 0 fully saturated rings. The number of carbonyl (C=O) groups excluding carboxylic acids is 3. The molecule has 0 aliphatic carbocycles. The van der Waals surface area contributed by atoms with Gasteiger partial charge in [0.1, 0.15) is 0 Å². The summed E-state index contributed by atoms with van der Waals surface area (Å²) < 4.78 is 5.18. The van der Waals surface area contributed by atoms with E-state index in [0.29, 0.717) is 5.69 Å². The van der Waals surface area contributed by atoms with Gasteiger partial charge in [-0.1, -0.05) is 36.4 Å². The fraction of sp³-hybridized carbons (Fsp3) is 0.227. The fourth-order valence-electron chi connectivity index (χ4n) is 3.21. The summed E-state index contributed by atoms with van der Waals surface area (Å²) in [5, 5.41) is 2.75. The average molecular weight is 410 g/mol. The summed E-state index contributed by atoms with van der Waals surface area (Å²) in [7, 11) is 0. The van der Waals surface area contributed by atoms with Crippen molar-refractivity contribution >= 4 is 41.3 Å². The monoisotopic (exact) mass is 410 g/mol. The number of nitrogens with zero attached hydrogens (tertiary/aromatic N) is 1. The molecule has 0 bridgehead atoms. The zero-order valence-electron chi connectivity index (χ0n) is 16.3. The molecule has 1 aliphatic heterocycles. The van der Waals surface area contributed by atoms with E-state index in [-0.39, 0.29) is 18.9 Å². The van der Waals surface area contributed by atoms with Gasteiger partial charge < -0.3 is 15.0 Å². The van der Waals surface area contributed by atoms with Crippen molar-refractivity contribution < 1.29 is 19.1 Å². The minimum Gasteiger partial charge on any atom is -0.455 e. The Balaban J connectivity index is 1.61. The van der Waals surface area contributed by atoms with Crippen molar-refractivity contribution in [3.8, 4) is 0 Å². The van der Waals surface area contributed by atoms with Gasteiger partial charge in [0, 0.05) is 18.0 Å². The van der Waals surface area contributed by atoms with Gasteiger partial charge in [0.05, 0.1) is 18.2 Å². The number of benzene rings is 2. The van der Waals surface area contributed by atoms with E-state index in [1.807, 2.05) is 54.8 Å². The Bertz CT molecular complexity index is 957. The van der Waals surface area contributed by atoms with Crippen molar-refractivity contribution in [2.24, 2.45) is 0 Å². The third-order valence-corrected chi connectivity index (χ3v) is 5.37. The molecule has 1 aliphatic rings. The van der Waals surface area contributed by atoms with Gasteiger partial charge in [0.25, 0.3) is 5.91 Å². The molecular formula is C22H22N2O4S. The largest absolute Gasteiger partial charge is 0.455 e. The summed E-state index contributed by atoms with van der Waals surface area (Å²) >= 11 is 1.52. The third-order valence-electron chi connectivity index (χ3n) is 4.57. The van der Waals surface area contributed by atoms with Crippen LogP contribution in [0.4, 0.5) is 5.69 Å². The average Bonchev–Trinajstić information content (AvgIpc) is 2.72. The van der Waals surface area contributed by atoms with Crippen LogP contribution in [0, 0.1) is 0 Å². The molecule has 3 rings (SSSR count). The molecule has 150 valence electrons. The Kier molecular flexibility index (Phi) is 6.72. The van der Waals surface area contributed by atoms with E-state index in [2.05, 4.69) is 5.32 Å². The number of thioether (sulfide) groups is 1. The number of para-hydroxylation sites is 1. The molecule has 0 saturated heterocycles. The highest BCUT2D eigenvalue weighted by Gasteiger charge is 2.28. The van der Waals surface area contributed by atoms with E-state index in [1.165, 1.54) is 23.6 Å². The summed E-state index contributed by atoms with van der Waals surface area (Å²) in [6.45, 7) is 1.07. The van der Waals surface area contributed by atoms with E-state index >= 15 is 0 Å². The number of ether oxygens (including phenoxy) is 1. The van der Waals surface area contributed by atoms with Crippen molar-refractivity contribution in [2.45, 2.75) is 24.3 Å². The lowest BCUT2D eigenvalue weighted by atomic mass is 9.94. The van der Waals surface area contributed by atoms with E-state index in [1.54, 1.807) is 12.3 Å². The number of hydrogen-bond donors (Lipinski definition) is 1. The normalized spacial score (nSPS) is 14.8. The topological polar surface area (TPSA) is 75.7 Å². The molecule has 0 aromatic heterocycles. The van der Waals surface area contributed by atoms with Crippen LogP contribution in [0.1, 0.15) is 30.5 Å². The summed E-state index contributed by atoms with van der Waals surface area (Å²) in [5.74, 6) is -1.12. The number of amides is 2. The molecule has 0 spiro atoms. The van der Waals surface area contributed by atoms with Crippen LogP contribution in [0.15, 0.2) is 59.6 Å². The lowest BCUT2D eigenvalue weighted by molar-refractivity contribution is -0.149. The number of rotatable bonds is 6. The first kappa shape index (κ1) is 20.7. The highest BCUT2D eigenvalue weighted by Crippen LogP contribution is 2.33. The maximum absolute atomic E-state index is 12.4. The molecule has 6 nitrogen and oxygen atoms in total. The van der Waals surface area contributed by atoms with E-state index in [0.717, 1.165) is 16.0 Å². The highest BCUT2D eigenvalue weighted by atomic mass is 32.2. The predicted molar refractivity (Wildman–Crippen MR) is 113 cm³/mol. The van der Waals surface area contributed by atoms with Crippen molar-refractivity contribution in [1.82, 2.24) is 4.90 Å². The van der Waals surface area contributed by atoms with Gasteiger partial charge in [-0.2, -0.15) is 0 Å². The van der Waals surface area contributed by atoms with Gasteiger partial charge >= 0.3 is 5.97 Å². The van der Waals surface area contributed by atoms with Crippen LogP contribution in [0.25, 0.3) is 6.08 Å². The Morgan fingerprint density at radius 2 is 1.83 bits per heavy atom. The lowest BCUT2D eigenvalue weighted by Crippen LogP contribution is -2.33. The Labute approximate surface area is 173 Å². The van der Waals surface area contributed by atoms with E-state index in [9.17, 15) is 14.4 Å². The Morgan fingerprint density at radius 3 is 2.59 bits per heavy atom. The van der Waals surface area contributed by atoms with Crippen LogP contribution in [0.3, 0.4) is 0 Å². The second kappa shape index (κ2) is 9.43. The first-order valence-corrected chi connectivity index (χ1v) is 10.4. The van der Waals surface area contributed by atoms with Crippen LogP contribution in [0.2, 0.25) is 0 Å². The molecule has 2 amide bonds. The maximum Gasteiger partial charge on any atom is 0.308 e. The van der Waals surface area contributed by atoms with Gasteiger partial charge in [-0.15, -0.1) is 11.8 Å². The van der Waals surface area contributed by atoms with Crippen LogP contribution in [-0.4, -0.2) is 35.5 Å². The van der Waals surface area contributed by atoms with Crippen molar-refractivity contribution in [1.29, 1.82) is 0 Å². The summed E-state index contributed by atoms with van der Waals surface area (Å²) in [5.41, 5.74) is 2.50. The Hall–Kier alpha value is -3.06. The smallest absolute Gasteiger partial charge is 0.308 e. The maximum atomic E-state index is 12.4. The second-order valence-electron chi connectivity index (χ2n) is 6.50. The molecule has 2 aromatic rings. The van der Waals surface area contributed by atoms with E-state index in [4.69, 9.17) is 4.74 Å². The molecule has 29 heavy (non-hydrogen) atoms. The van der Waals surface area contributed by atoms with Crippen molar-refractivity contribution in [3.05, 3.63) is 65.9 Å². The first-order valence-electron chi connectivity index (χ1n) is 9.14. The molecule has 1 atom stereocenters. The molecular weight excluding hydrogens is 388 g/mol. The fourth-order valence-corrected chi connectivity index (χ4v) is 3.76. The van der Waals surface area contributed by atoms with Crippen LogP contribution < -0.4 is 5.32 Å². The van der Waals surface area contributed by atoms with E-state index < -0.39 is 17.9 Å². The molecule has 1 heterocycles.